The summed E-state index contributed by atoms with van der Waals surface area (Å²) in [6.07, 6.45) is 3.24. The Morgan fingerprint density at radius 1 is 1.62 bits per heavy atom. The van der Waals surface area contributed by atoms with Gasteiger partial charge in [-0.15, -0.1) is 0 Å². The van der Waals surface area contributed by atoms with Gasteiger partial charge in [0.2, 0.25) is 5.88 Å². The number of carbonyl (C=O) groups is 1. The Labute approximate surface area is 92.7 Å². The molecule has 1 aliphatic rings. The van der Waals surface area contributed by atoms with Gasteiger partial charge in [0.25, 0.3) is 0 Å². The molecule has 2 rings (SSSR count). The number of aliphatic carboxylic acids is 1. The molecule has 0 aliphatic heterocycles. The molecule has 1 aromatic heterocycles. The lowest BCUT2D eigenvalue weighted by atomic mass is 10.2. The fourth-order valence-corrected chi connectivity index (χ4v) is 1.50. The number of carboxylic acid groups (broad SMARTS) is 1. The van der Waals surface area contributed by atoms with Crippen LogP contribution in [0.2, 0.25) is 0 Å². The molecule has 6 heteroatoms. The van der Waals surface area contributed by atoms with Crippen molar-refractivity contribution >= 4 is 11.8 Å². The summed E-state index contributed by atoms with van der Waals surface area (Å²) >= 11 is 0. The highest BCUT2D eigenvalue weighted by Crippen LogP contribution is 2.34. The molecule has 1 saturated carbocycles. The Morgan fingerprint density at radius 2 is 2.38 bits per heavy atom. The van der Waals surface area contributed by atoms with Gasteiger partial charge in [0.05, 0.1) is 7.11 Å². The minimum absolute atomic E-state index is 0.207. The third-order valence-corrected chi connectivity index (χ3v) is 2.51. The lowest BCUT2D eigenvalue weighted by Crippen LogP contribution is -2.31. The van der Waals surface area contributed by atoms with Crippen molar-refractivity contribution in [3.05, 3.63) is 12.4 Å². The average Bonchev–Trinajstić information content (AvgIpc) is 3.10. The molecule has 6 nitrogen and oxygen atoms in total. The summed E-state index contributed by atoms with van der Waals surface area (Å²) in [5.41, 5.74) is 0. The average molecular weight is 223 g/mol. The van der Waals surface area contributed by atoms with Gasteiger partial charge in [-0.25, -0.2) is 14.8 Å². The van der Waals surface area contributed by atoms with E-state index in [1.54, 1.807) is 6.07 Å². The quantitative estimate of drug-likeness (QED) is 0.766. The van der Waals surface area contributed by atoms with E-state index >= 15 is 0 Å². The summed E-state index contributed by atoms with van der Waals surface area (Å²) in [6, 6.07) is 1.01. The van der Waals surface area contributed by atoms with Crippen molar-refractivity contribution < 1.29 is 14.6 Å². The van der Waals surface area contributed by atoms with Crippen LogP contribution in [-0.2, 0) is 4.79 Å². The minimum atomic E-state index is -0.847. The second-order valence-corrected chi connectivity index (χ2v) is 3.74. The van der Waals surface area contributed by atoms with Gasteiger partial charge in [0.15, 0.2) is 0 Å². The van der Waals surface area contributed by atoms with E-state index in [1.807, 2.05) is 0 Å². The molecule has 2 N–H and O–H groups in total. The largest absolute Gasteiger partial charge is 0.481 e. The van der Waals surface area contributed by atoms with Crippen LogP contribution in [-0.4, -0.2) is 34.2 Å². The van der Waals surface area contributed by atoms with Gasteiger partial charge >= 0.3 is 5.97 Å². The van der Waals surface area contributed by atoms with Crippen molar-refractivity contribution in [1.29, 1.82) is 0 Å². The highest BCUT2D eigenvalue weighted by atomic mass is 16.5. The summed E-state index contributed by atoms with van der Waals surface area (Å²) in [6.45, 7) is 0. The third kappa shape index (κ3) is 2.39. The van der Waals surface area contributed by atoms with E-state index in [2.05, 4.69) is 15.3 Å². The fraction of sp³-hybridized carbons (Fsp3) is 0.500. The first-order valence-electron chi connectivity index (χ1n) is 5.06. The maximum absolute atomic E-state index is 11.0. The number of ether oxygens (including phenoxy) is 1. The van der Waals surface area contributed by atoms with Crippen LogP contribution < -0.4 is 10.1 Å². The number of rotatable bonds is 5. The molecule has 1 aliphatic carbocycles. The normalized spacial score (nSPS) is 16.6. The van der Waals surface area contributed by atoms with Crippen LogP contribution >= 0.6 is 0 Å². The maximum Gasteiger partial charge on any atom is 0.326 e. The van der Waals surface area contributed by atoms with E-state index in [1.165, 1.54) is 13.4 Å². The van der Waals surface area contributed by atoms with Crippen LogP contribution in [0.4, 0.5) is 5.82 Å². The first-order valence-corrected chi connectivity index (χ1v) is 5.06. The van der Waals surface area contributed by atoms with E-state index in [-0.39, 0.29) is 5.92 Å². The number of nitrogens with zero attached hydrogens (tertiary/aromatic N) is 2. The number of nitrogens with one attached hydrogen (secondary N) is 1. The zero-order valence-corrected chi connectivity index (χ0v) is 8.88. The van der Waals surface area contributed by atoms with E-state index in [4.69, 9.17) is 9.84 Å². The van der Waals surface area contributed by atoms with Crippen molar-refractivity contribution in [2.75, 3.05) is 12.4 Å². The first kappa shape index (κ1) is 10.7. The molecule has 0 radical (unpaired) electrons. The number of methoxy groups -OCH3 is 1. The molecule has 1 heterocycles. The zero-order chi connectivity index (χ0) is 11.5. The van der Waals surface area contributed by atoms with Gasteiger partial charge in [-0.2, -0.15) is 0 Å². The molecule has 16 heavy (non-hydrogen) atoms. The van der Waals surface area contributed by atoms with Crippen molar-refractivity contribution in [2.45, 2.75) is 18.9 Å². The standard InChI is InChI=1S/C10H13N3O3/c1-16-8-4-7(11-5-12-8)13-9(10(14)15)6-2-3-6/h4-6,9H,2-3H2,1H3,(H,14,15)(H,11,12,13). The molecule has 0 amide bonds. The van der Waals surface area contributed by atoms with Gasteiger partial charge in [-0.05, 0) is 18.8 Å². The third-order valence-electron chi connectivity index (χ3n) is 2.51. The van der Waals surface area contributed by atoms with E-state index in [0.717, 1.165) is 12.8 Å². The highest BCUT2D eigenvalue weighted by molar-refractivity contribution is 5.77. The van der Waals surface area contributed by atoms with E-state index < -0.39 is 12.0 Å². The first-order chi connectivity index (χ1) is 7.70. The molecule has 1 aromatic rings. The summed E-state index contributed by atoms with van der Waals surface area (Å²) in [7, 11) is 1.50. The molecule has 0 spiro atoms. The number of anilines is 1. The highest BCUT2D eigenvalue weighted by Gasteiger charge is 2.36. The molecule has 0 bridgehead atoms. The Bertz CT molecular complexity index is 393. The smallest absolute Gasteiger partial charge is 0.326 e. The van der Waals surface area contributed by atoms with Crippen LogP contribution in [0.15, 0.2) is 12.4 Å². The van der Waals surface area contributed by atoms with Crippen LogP contribution in [0, 0.1) is 5.92 Å². The molecular formula is C10H13N3O3. The van der Waals surface area contributed by atoms with Crippen LogP contribution in [0.25, 0.3) is 0 Å². The summed E-state index contributed by atoms with van der Waals surface area (Å²) < 4.78 is 4.93. The minimum Gasteiger partial charge on any atom is -0.481 e. The van der Waals surface area contributed by atoms with Crippen LogP contribution in [0.3, 0.4) is 0 Å². The second kappa shape index (κ2) is 4.34. The van der Waals surface area contributed by atoms with Crippen LogP contribution in [0.1, 0.15) is 12.8 Å². The number of hydrogen-bond acceptors (Lipinski definition) is 5. The van der Waals surface area contributed by atoms with Crippen molar-refractivity contribution in [3.63, 3.8) is 0 Å². The molecule has 0 saturated heterocycles. The predicted octanol–water partition coefficient (Wildman–Crippen LogP) is 0.760. The molecular weight excluding hydrogens is 210 g/mol. The topological polar surface area (TPSA) is 84.3 Å². The van der Waals surface area contributed by atoms with E-state index in [0.29, 0.717) is 11.7 Å². The lowest BCUT2D eigenvalue weighted by Gasteiger charge is -2.13. The lowest BCUT2D eigenvalue weighted by molar-refractivity contribution is -0.138. The van der Waals surface area contributed by atoms with Gasteiger partial charge in [0, 0.05) is 6.07 Å². The Balaban J connectivity index is 2.08. The fourth-order valence-electron chi connectivity index (χ4n) is 1.50. The number of aromatic nitrogens is 2. The van der Waals surface area contributed by atoms with Gasteiger partial charge in [0.1, 0.15) is 18.2 Å². The molecule has 1 atom stereocenters. The molecule has 86 valence electrons. The molecule has 0 aromatic carbocycles. The molecule has 1 fully saturated rings. The Morgan fingerprint density at radius 3 is 2.94 bits per heavy atom. The predicted molar refractivity (Wildman–Crippen MR) is 56.4 cm³/mol. The Kier molecular flexibility index (Phi) is 2.89. The summed E-state index contributed by atoms with van der Waals surface area (Å²) in [5, 5.41) is 11.9. The second-order valence-electron chi connectivity index (χ2n) is 3.74. The van der Waals surface area contributed by atoms with Gasteiger partial charge in [-0.3, -0.25) is 0 Å². The van der Waals surface area contributed by atoms with Gasteiger partial charge < -0.3 is 15.2 Å². The number of carboxylic acids is 1. The zero-order valence-electron chi connectivity index (χ0n) is 8.88. The van der Waals surface area contributed by atoms with Crippen molar-refractivity contribution in [3.8, 4) is 5.88 Å². The number of hydrogen-bond donors (Lipinski definition) is 2. The van der Waals surface area contributed by atoms with E-state index in [9.17, 15) is 4.79 Å². The van der Waals surface area contributed by atoms with Gasteiger partial charge in [-0.1, -0.05) is 0 Å². The Hall–Kier alpha value is -1.85. The summed E-state index contributed by atoms with van der Waals surface area (Å²) in [4.78, 5) is 18.8. The SMILES string of the molecule is COc1cc(NC(C(=O)O)C2CC2)ncn1. The molecule has 1 unspecified atom stereocenters. The monoisotopic (exact) mass is 223 g/mol. The van der Waals surface area contributed by atoms with Crippen molar-refractivity contribution in [1.82, 2.24) is 9.97 Å². The van der Waals surface area contributed by atoms with Crippen molar-refractivity contribution in [2.24, 2.45) is 5.92 Å². The maximum atomic E-state index is 11.0. The summed E-state index contributed by atoms with van der Waals surface area (Å²) in [5.74, 6) is 0.252. The van der Waals surface area contributed by atoms with Crippen LogP contribution in [0.5, 0.6) is 5.88 Å².